The average Bonchev–Trinajstić information content (AvgIpc) is 3.27. The Morgan fingerprint density at radius 3 is 2.38 bits per heavy atom. The lowest BCUT2D eigenvalue weighted by molar-refractivity contribution is 0.0951. The molecule has 3 aromatic rings. The molecule has 0 aliphatic rings. The van der Waals surface area contributed by atoms with Crippen molar-refractivity contribution in [2.45, 2.75) is 37.8 Å². The second kappa shape index (κ2) is 9.02. The molecule has 0 bridgehead atoms. The first-order chi connectivity index (χ1) is 13.9. The van der Waals surface area contributed by atoms with Gasteiger partial charge < -0.3 is 5.32 Å². The molecule has 0 fully saturated rings. The number of carbonyl (C=O) groups excluding carboxylic acids is 1. The van der Waals surface area contributed by atoms with Gasteiger partial charge in [0.15, 0.2) is 0 Å². The number of amides is 1. The van der Waals surface area contributed by atoms with Crippen molar-refractivity contribution in [1.29, 1.82) is 0 Å². The SMILES string of the molecule is CCC(C)NS(=O)(=O)c1ccc(C(=O)NCc2ccc(-n3cccn3)cc2)cc1. The Morgan fingerprint density at radius 1 is 1.10 bits per heavy atom. The maximum Gasteiger partial charge on any atom is 0.251 e. The van der Waals surface area contributed by atoms with Crippen LogP contribution in [0.15, 0.2) is 71.9 Å². The molecule has 8 heteroatoms. The molecule has 1 amide bonds. The molecule has 7 nitrogen and oxygen atoms in total. The van der Waals surface area contributed by atoms with Gasteiger partial charge in [-0.3, -0.25) is 4.79 Å². The number of hydrogen-bond donors (Lipinski definition) is 2. The van der Waals surface area contributed by atoms with Crippen LogP contribution in [0.1, 0.15) is 36.2 Å². The molecule has 0 aliphatic heterocycles. The highest BCUT2D eigenvalue weighted by Crippen LogP contribution is 2.13. The first-order valence-electron chi connectivity index (χ1n) is 9.38. The smallest absolute Gasteiger partial charge is 0.251 e. The number of hydrogen-bond acceptors (Lipinski definition) is 4. The Bertz CT molecular complexity index is 1040. The number of sulfonamides is 1. The molecule has 0 saturated heterocycles. The summed E-state index contributed by atoms with van der Waals surface area (Å²) in [5.74, 6) is -0.264. The third kappa shape index (κ3) is 5.30. The second-order valence-electron chi connectivity index (χ2n) is 6.75. The lowest BCUT2D eigenvalue weighted by atomic mass is 10.2. The zero-order valence-electron chi connectivity index (χ0n) is 16.4. The maximum atomic E-state index is 12.4. The number of rotatable bonds is 8. The van der Waals surface area contributed by atoms with Crippen LogP contribution in [0.4, 0.5) is 0 Å². The minimum atomic E-state index is -3.58. The van der Waals surface area contributed by atoms with Crippen LogP contribution in [0.25, 0.3) is 5.69 Å². The number of nitrogens with one attached hydrogen (secondary N) is 2. The topological polar surface area (TPSA) is 93.1 Å². The van der Waals surface area contributed by atoms with Gasteiger partial charge in [-0.1, -0.05) is 19.1 Å². The standard InChI is InChI=1S/C21H24N4O3S/c1-3-16(2)24-29(27,28)20-11-7-18(8-12-20)21(26)22-15-17-5-9-19(10-6-17)25-14-4-13-23-25/h4-14,16,24H,3,15H2,1-2H3,(H,22,26). The second-order valence-corrected chi connectivity index (χ2v) is 8.47. The van der Waals surface area contributed by atoms with E-state index >= 15 is 0 Å². The Morgan fingerprint density at radius 2 is 1.79 bits per heavy atom. The van der Waals surface area contributed by atoms with Gasteiger partial charge in [0, 0.05) is 30.5 Å². The normalized spacial score (nSPS) is 12.5. The van der Waals surface area contributed by atoms with Gasteiger partial charge in [0.1, 0.15) is 0 Å². The van der Waals surface area contributed by atoms with Crippen LogP contribution >= 0.6 is 0 Å². The lowest BCUT2D eigenvalue weighted by Gasteiger charge is -2.12. The summed E-state index contributed by atoms with van der Waals surface area (Å²) >= 11 is 0. The van der Waals surface area contributed by atoms with Gasteiger partial charge in [-0.25, -0.2) is 17.8 Å². The molecule has 0 saturated carbocycles. The predicted molar refractivity (Wildman–Crippen MR) is 111 cm³/mol. The summed E-state index contributed by atoms with van der Waals surface area (Å²) in [7, 11) is -3.58. The fraction of sp³-hybridized carbons (Fsp3) is 0.238. The molecule has 3 rings (SSSR count). The van der Waals surface area contributed by atoms with E-state index in [1.54, 1.807) is 17.8 Å². The van der Waals surface area contributed by atoms with Crippen molar-refractivity contribution in [1.82, 2.24) is 19.8 Å². The van der Waals surface area contributed by atoms with Crippen LogP contribution in [-0.2, 0) is 16.6 Å². The Hall–Kier alpha value is -2.97. The molecule has 1 heterocycles. The molecule has 1 unspecified atom stereocenters. The molecule has 2 aromatic carbocycles. The summed E-state index contributed by atoms with van der Waals surface area (Å²) < 4.78 is 28.9. The fourth-order valence-corrected chi connectivity index (χ4v) is 4.00. The quantitative estimate of drug-likeness (QED) is 0.595. The van der Waals surface area contributed by atoms with Crippen molar-refractivity contribution in [2.75, 3.05) is 0 Å². The lowest BCUT2D eigenvalue weighted by Crippen LogP contribution is -2.32. The largest absolute Gasteiger partial charge is 0.348 e. The first kappa shape index (κ1) is 20.8. The van der Waals surface area contributed by atoms with Gasteiger partial charge in [0.2, 0.25) is 10.0 Å². The van der Waals surface area contributed by atoms with Crippen molar-refractivity contribution in [3.05, 3.63) is 78.1 Å². The van der Waals surface area contributed by atoms with E-state index in [1.165, 1.54) is 24.3 Å². The van der Waals surface area contributed by atoms with E-state index in [4.69, 9.17) is 0 Å². The van der Waals surface area contributed by atoms with Gasteiger partial charge in [-0.05, 0) is 61.4 Å². The molecule has 1 atom stereocenters. The molecule has 2 N–H and O–H groups in total. The molecular formula is C21H24N4O3S. The summed E-state index contributed by atoms with van der Waals surface area (Å²) in [4.78, 5) is 12.5. The Labute approximate surface area is 170 Å². The third-order valence-electron chi connectivity index (χ3n) is 4.55. The van der Waals surface area contributed by atoms with Crippen LogP contribution in [0, 0.1) is 0 Å². The third-order valence-corrected chi connectivity index (χ3v) is 6.16. The van der Waals surface area contributed by atoms with Crippen LogP contribution in [0.3, 0.4) is 0 Å². The summed E-state index contributed by atoms with van der Waals surface area (Å²) in [5.41, 5.74) is 2.29. The summed E-state index contributed by atoms with van der Waals surface area (Å²) in [6, 6.07) is 15.3. The van der Waals surface area contributed by atoms with Crippen LogP contribution < -0.4 is 10.0 Å². The maximum absolute atomic E-state index is 12.4. The fourth-order valence-electron chi connectivity index (χ4n) is 2.67. The minimum Gasteiger partial charge on any atom is -0.348 e. The van der Waals surface area contributed by atoms with Crippen molar-refractivity contribution in [3.63, 3.8) is 0 Å². The van der Waals surface area contributed by atoms with Crippen LogP contribution in [-0.4, -0.2) is 30.1 Å². The van der Waals surface area contributed by atoms with Crippen molar-refractivity contribution in [3.8, 4) is 5.69 Å². The van der Waals surface area contributed by atoms with Crippen LogP contribution in [0.2, 0.25) is 0 Å². The molecule has 0 radical (unpaired) electrons. The highest BCUT2D eigenvalue weighted by atomic mass is 32.2. The summed E-state index contributed by atoms with van der Waals surface area (Å²) in [6.45, 7) is 4.08. The number of carbonyl (C=O) groups is 1. The van der Waals surface area contributed by atoms with Crippen molar-refractivity contribution in [2.24, 2.45) is 0 Å². The van der Waals surface area contributed by atoms with E-state index in [2.05, 4.69) is 15.1 Å². The monoisotopic (exact) mass is 412 g/mol. The summed E-state index contributed by atoms with van der Waals surface area (Å²) in [5, 5.41) is 7.02. The molecule has 1 aromatic heterocycles. The number of aromatic nitrogens is 2. The first-order valence-corrected chi connectivity index (χ1v) is 10.9. The molecule has 152 valence electrons. The zero-order chi connectivity index (χ0) is 20.9. The predicted octanol–water partition coefficient (Wildman–Crippen LogP) is 2.88. The minimum absolute atomic E-state index is 0.142. The van der Waals surface area contributed by atoms with Gasteiger partial charge in [0.05, 0.1) is 10.6 Å². The van der Waals surface area contributed by atoms with Crippen LogP contribution in [0.5, 0.6) is 0 Å². The van der Waals surface area contributed by atoms with E-state index in [9.17, 15) is 13.2 Å². The molecular weight excluding hydrogens is 388 g/mol. The molecule has 0 aliphatic carbocycles. The van der Waals surface area contributed by atoms with E-state index in [-0.39, 0.29) is 16.8 Å². The van der Waals surface area contributed by atoms with Gasteiger partial charge in [-0.15, -0.1) is 0 Å². The Balaban J connectivity index is 1.59. The molecule has 29 heavy (non-hydrogen) atoms. The highest BCUT2D eigenvalue weighted by molar-refractivity contribution is 7.89. The average molecular weight is 413 g/mol. The van der Waals surface area contributed by atoms with E-state index < -0.39 is 10.0 Å². The molecule has 0 spiro atoms. The zero-order valence-corrected chi connectivity index (χ0v) is 17.2. The number of nitrogens with zero attached hydrogens (tertiary/aromatic N) is 2. The number of benzene rings is 2. The van der Waals surface area contributed by atoms with E-state index in [0.717, 1.165) is 11.3 Å². The van der Waals surface area contributed by atoms with Crippen molar-refractivity contribution < 1.29 is 13.2 Å². The van der Waals surface area contributed by atoms with E-state index in [1.807, 2.05) is 43.5 Å². The van der Waals surface area contributed by atoms with E-state index in [0.29, 0.717) is 18.5 Å². The van der Waals surface area contributed by atoms with Gasteiger partial charge >= 0.3 is 0 Å². The van der Waals surface area contributed by atoms with Gasteiger partial charge in [-0.2, -0.15) is 5.10 Å². The summed E-state index contributed by atoms with van der Waals surface area (Å²) in [6.07, 6.45) is 4.27. The van der Waals surface area contributed by atoms with Gasteiger partial charge in [0.25, 0.3) is 5.91 Å². The van der Waals surface area contributed by atoms with Crippen molar-refractivity contribution >= 4 is 15.9 Å². The Kier molecular flexibility index (Phi) is 6.46. The highest BCUT2D eigenvalue weighted by Gasteiger charge is 2.17.